The summed E-state index contributed by atoms with van der Waals surface area (Å²) in [6, 6.07) is 8.48. The van der Waals surface area contributed by atoms with Gasteiger partial charge in [-0.3, -0.25) is 4.90 Å². The number of urea groups is 1. The number of hydrogen-bond acceptors (Lipinski definition) is 3. The fourth-order valence-electron chi connectivity index (χ4n) is 2.95. The Morgan fingerprint density at radius 3 is 2.84 bits per heavy atom. The molecule has 0 aliphatic carbocycles. The molecule has 1 aromatic carbocycles. The monoisotopic (exact) mass is 347 g/mol. The fraction of sp³-hybridized carbons (Fsp3) is 0.650. The third kappa shape index (κ3) is 7.78. The van der Waals surface area contributed by atoms with Gasteiger partial charge in [-0.1, -0.05) is 25.5 Å². The van der Waals surface area contributed by atoms with E-state index in [1.54, 1.807) is 0 Å². The molecule has 1 atom stereocenters. The molecule has 25 heavy (non-hydrogen) atoms. The average Bonchev–Trinajstić information content (AvgIpc) is 2.62. The van der Waals surface area contributed by atoms with Crippen molar-refractivity contribution in [2.45, 2.75) is 58.5 Å². The van der Waals surface area contributed by atoms with E-state index in [9.17, 15) is 4.79 Å². The molecule has 0 saturated carbocycles. The van der Waals surface area contributed by atoms with Crippen molar-refractivity contribution in [3.8, 4) is 5.75 Å². The molecular weight excluding hydrogens is 314 g/mol. The van der Waals surface area contributed by atoms with E-state index in [-0.39, 0.29) is 12.1 Å². The number of amides is 2. The molecule has 1 heterocycles. The summed E-state index contributed by atoms with van der Waals surface area (Å²) < 4.78 is 5.83. The molecule has 1 aliphatic heterocycles. The van der Waals surface area contributed by atoms with Crippen LogP contribution in [0, 0.1) is 0 Å². The molecular formula is C20H33N3O2. The molecule has 0 spiro atoms. The maximum atomic E-state index is 11.6. The Morgan fingerprint density at radius 1 is 1.28 bits per heavy atom. The van der Waals surface area contributed by atoms with Crippen LogP contribution < -0.4 is 15.4 Å². The highest BCUT2D eigenvalue weighted by molar-refractivity contribution is 5.74. The molecule has 1 fully saturated rings. The smallest absolute Gasteiger partial charge is 0.314 e. The summed E-state index contributed by atoms with van der Waals surface area (Å²) in [4.78, 5) is 14.1. The van der Waals surface area contributed by atoms with E-state index in [2.05, 4.69) is 40.7 Å². The molecule has 0 radical (unpaired) electrons. The van der Waals surface area contributed by atoms with Crippen molar-refractivity contribution in [1.29, 1.82) is 0 Å². The predicted molar refractivity (Wildman–Crippen MR) is 102 cm³/mol. The van der Waals surface area contributed by atoms with Gasteiger partial charge in [0.25, 0.3) is 0 Å². The Kier molecular flexibility index (Phi) is 8.60. The minimum atomic E-state index is -0.0992. The highest BCUT2D eigenvalue weighted by atomic mass is 16.5. The Hall–Kier alpha value is -1.75. The number of nitrogens with one attached hydrogen (secondary N) is 2. The molecule has 1 unspecified atom stereocenters. The fourth-order valence-corrected chi connectivity index (χ4v) is 2.95. The lowest BCUT2D eigenvalue weighted by Gasteiger charge is -2.26. The Morgan fingerprint density at radius 2 is 2.08 bits per heavy atom. The van der Waals surface area contributed by atoms with Gasteiger partial charge in [0.15, 0.2) is 0 Å². The van der Waals surface area contributed by atoms with Crippen LogP contribution in [0.5, 0.6) is 5.75 Å². The lowest BCUT2D eigenvalue weighted by atomic mass is 10.1. The molecule has 2 rings (SSSR count). The van der Waals surface area contributed by atoms with Gasteiger partial charge in [-0.05, 0) is 63.4 Å². The van der Waals surface area contributed by atoms with Crippen LogP contribution >= 0.6 is 0 Å². The summed E-state index contributed by atoms with van der Waals surface area (Å²) in [6.07, 6.45) is 5.72. The van der Waals surface area contributed by atoms with Gasteiger partial charge in [0.1, 0.15) is 5.75 Å². The number of carbonyl (C=O) groups excluding carboxylic acids is 1. The van der Waals surface area contributed by atoms with Crippen LogP contribution in [0.1, 0.15) is 51.5 Å². The van der Waals surface area contributed by atoms with Gasteiger partial charge in [0.05, 0.1) is 6.61 Å². The second-order valence-electron chi connectivity index (χ2n) is 6.90. The Balaban J connectivity index is 1.63. The minimum absolute atomic E-state index is 0.0992. The van der Waals surface area contributed by atoms with Gasteiger partial charge in [0.2, 0.25) is 0 Å². The van der Waals surface area contributed by atoms with Crippen LogP contribution in [-0.4, -0.2) is 43.2 Å². The van der Waals surface area contributed by atoms with Crippen LogP contribution in [-0.2, 0) is 6.54 Å². The third-order valence-electron chi connectivity index (χ3n) is 4.62. The summed E-state index contributed by atoms with van der Waals surface area (Å²) in [7, 11) is 0. The molecule has 5 nitrogen and oxygen atoms in total. The molecule has 2 N–H and O–H groups in total. The first-order chi connectivity index (χ1) is 12.2. The number of likely N-dealkylation sites (tertiary alicyclic amines) is 1. The van der Waals surface area contributed by atoms with Crippen LogP contribution in [0.2, 0.25) is 0 Å². The van der Waals surface area contributed by atoms with Crippen molar-refractivity contribution >= 4 is 6.03 Å². The maximum absolute atomic E-state index is 11.6. The number of piperidine rings is 1. The summed E-state index contributed by atoms with van der Waals surface area (Å²) in [6.45, 7) is 8.70. The maximum Gasteiger partial charge on any atom is 0.314 e. The van der Waals surface area contributed by atoms with Crippen molar-refractivity contribution in [3.05, 3.63) is 29.8 Å². The first-order valence-electron chi connectivity index (χ1n) is 9.66. The van der Waals surface area contributed by atoms with Gasteiger partial charge in [-0.2, -0.15) is 0 Å². The highest BCUT2D eigenvalue weighted by Crippen LogP contribution is 2.17. The molecule has 1 aliphatic rings. The third-order valence-corrected chi connectivity index (χ3v) is 4.62. The number of benzene rings is 1. The van der Waals surface area contributed by atoms with Crippen molar-refractivity contribution in [2.24, 2.45) is 0 Å². The van der Waals surface area contributed by atoms with Gasteiger partial charge in [-0.15, -0.1) is 0 Å². The van der Waals surface area contributed by atoms with Gasteiger partial charge in [-0.25, -0.2) is 4.79 Å². The van der Waals surface area contributed by atoms with Gasteiger partial charge in [0, 0.05) is 19.1 Å². The second kappa shape index (κ2) is 11.0. The van der Waals surface area contributed by atoms with Gasteiger partial charge < -0.3 is 15.4 Å². The quantitative estimate of drug-likeness (QED) is 0.672. The van der Waals surface area contributed by atoms with Crippen molar-refractivity contribution in [2.75, 3.05) is 26.2 Å². The van der Waals surface area contributed by atoms with E-state index < -0.39 is 0 Å². The van der Waals surface area contributed by atoms with Gasteiger partial charge >= 0.3 is 6.03 Å². The molecule has 0 bridgehead atoms. The Bertz CT molecular complexity index is 515. The van der Waals surface area contributed by atoms with Crippen LogP contribution in [0.4, 0.5) is 4.79 Å². The summed E-state index contributed by atoms with van der Waals surface area (Å²) in [5.74, 6) is 0.915. The SMILES string of the molecule is CCC(C)NC(=O)NCCCOc1cccc(CN2CCCCC2)c1. The molecule has 5 heteroatoms. The molecule has 1 saturated heterocycles. The topological polar surface area (TPSA) is 53.6 Å². The van der Waals surface area contributed by atoms with Crippen LogP contribution in [0.25, 0.3) is 0 Å². The predicted octanol–water partition coefficient (Wildman–Crippen LogP) is 3.54. The van der Waals surface area contributed by atoms with Crippen LogP contribution in [0.3, 0.4) is 0 Å². The zero-order chi connectivity index (χ0) is 17.9. The van der Waals surface area contributed by atoms with E-state index in [4.69, 9.17) is 4.74 Å². The Labute approximate surface area is 152 Å². The lowest BCUT2D eigenvalue weighted by Crippen LogP contribution is -2.41. The number of rotatable bonds is 9. The molecule has 2 amide bonds. The number of hydrogen-bond donors (Lipinski definition) is 2. The highest BCUT2D eigenvalue weighted by Gasteiger charge is 2.10. The second-order valence-corrected chi connectivity index (χ2v) is 6.90. The average molecular weight is 348 g/mol. The minimum Gasteiger partial charge on any atom is -0.494 e. The summed E-state index contributed by atoms with van der Waals surface area (Å²) in [5.41, 5.74) is 1.31. The largest absolute Gasteiger partial charge is 0.494 e. The normalized spacial score (nSPS) is 16.2. The van der Waals surface area contributed by atoms with E-state index in [1.807, 2.05) is 13.0 Å². The number of ether oxygens (including phenoxy) is 1. The van der Waals surface area contributed by atoms with Crippen molar-refractivity contribution in [3.63, 3.8) is 0 Å². The first-order valence-corrected chi connectivity index (χ1v) is 9.66. The zero-order valence-corrected chi connectivity index (χ0v) is 15.7. The van der Waals surface area contributed by atoms with E-state index >= 15 is 0 Å². The van der Waals surface area contributed by atoms with Crippen molar-refractivity contribution in [1.82, 2.24) is 15.5 Å². The van der Waals surface area contributed by atoms with Crippen molar-refractivity contribution < 1.29 is 9.53 Å². The summed E-state index contributed by atoms with van der Waals surface area (Å²) in [5, 5.41) is 5.75. The lowest BCUT2D eigenvalue weighted by molar-refractivity contribution is 0.220. The molecule has 1 aromatic rings. The molecule has 140 valence electrons. The first kappa shape index (κ1) is 19.6. The number of carbonyl (C=O) groups is 1. The zero-order valence-electron chi connectivity index (χ0n) is 15.7. The summed E-state index contributed by atoms with van der Waals surface area (Å²) >= 11 is 0. The van der Waals surface area contributed by atoms with E-state index in [0.717, 1.165) is 25.1 Å². The van der Waals surface area contributed by atoms with E-state index in [0.29, 0.717) is 13.2 Å². The van der Waals surface area contributed by atoms with Crippen LogP contribution in [0.15, 0.2) is 24.3 Å². The standard InChI is InChI=1S/C20H33N3O2/c1-3-17(2)22-20(24)21-11-8-14-25-19-10-7-9-18(15-19)16-23-12-5-4-6-13-23/h7,9-10,15,17H,3-6,8,11-14,16H2,1-2H3,(H2,21,22,24). The van der Waals surface area contributed by atoms with E-state index in [1.165, 1.54) is 37.9 Å². The number of nitrogens with zero attached hydrogens (tertiary/aromatic N) is 1. The molecule has 0 aromatic heterocycles.